The summed E-state index contributed by atoms with van der Waals surface area (Å²) in [7, 11) is 0. The summed E-state index contributed by atoms with van der Waals surface area (Å²) in [4.78, 5) is 8.48. The average molecular weight is 210 g/mol. The molecule has 2 heterocycles. The number of oxazole rings is 1. The van der Waals surface area contributed by atoms with Crippen molar-refractivity contribution in [2.45, 2.75) is 6.92 Å². The van der Waals surface area contributed by atoms with Gasteiger partial charge < -0.3 is 4.42 Å². The molecular formula is C13H10N2O. The highest BCUT2D eigenvalue weighted by Gasteiger charge is 2.03. The fourth-order valence-electron chi connectivity index (χ4n) is 1.71. The van der Waals surface area contributed by atoms with Crippen LogP contribution in [0.3, 0.4) is 0 Å². The van der Waals surface area contributed by atoms with Gasteiger partial charge in [0.05, 0.1) is 5.69 Å². The van der Waals surface area contributed by atoms with Crippen LogP contribution >= 0.6 is 0 Å². The van der Waals surface area contributed by atoms with Crippen LogP contribution in [0.4, 0.5) is 0 Å². The van der Waals surface area contributed by atoms with Gasteiger partial charge in [-0.3, -0.25) is 4.98 Å². The van der Waals surface area contributed by atoms with E-state index < -0.39 is 0 Å². The molecule has 0 aliphatic rings. The zero-order valence-corrected chi connectivity index (χ0v) is 8.84. The maximum atomic E-state index is 5.20. The van der Waals surface area contributed by atoms with Crippen molar-refractivity contribution >= 4 is 11.1 Å². The van der Waals surface area contributed by atoms with Crippen molar-refractivity contribution < 1.29 is 4.42 Å². The van der Waals surface area contributed by atoms with Crippen LogP contribution in [0, 0.1) is 6.92 Å². The number of hydrogen-bond donors (Lipinski definition) is 0. The summed E-state index contributed by atoms with van der Waals surface area (Å²) in [5, 5.41) is 0. The zero-order valence-electron chi connectivity index (χ0n) is 8.84. The minimum absolute atomic E-state index is 0.802. The van der Waals surface area contributed by atoms with Crippen LogP contribution in [0.25, 0.3) is 22.4 Å². The van der Waals surface area contributed by atoms with Gasteiger partial charge in [0, 0.05) is 11.8 Å². The van der Waals surface area contributed by atoms with Crippen LogP contribution in [0.2, 0.25) is 0 Å². The van der Waals surface area contributed by atoms with Gasteiger partial charge in [0.2, 0.25) is 0 Å². The third-order valence-electron chi connectivity index (χ3n) is 2.54. The molecule has 0 fully saturated rings. The van der Waals surface area contributed by atoms with E-state index in [0.29, 0.717) is 0 Å². The third kappa shape index (κ3) is 1.46. The molecule has 0 bridgehead atoms. The monoisotopic (exact) mass is 210 g/mol. The van der Waals surface area contributed by atoms with Gasteiger partial charge in [-0.05, 0) is 42.8 Å². The second kappa shape index (κ2) is 3.45. The molecule has 2 aromatic heterocycles. The molecule has 0 spiro atoms. The second-order valence-electron chi connectivity index (χ2n) is 3.75. The largest absolute Gasteiger partial charge is 0.443 e. The molecule has 1 aromatic carbocycles. The Hall–Kier alpha value is -2.16. The SMILES string of the molecule is Cc1ccnc(-c2ccc3ocnc3c2)c1. The zero-order chi connectivity index (χ0) is 11.0. The Morgan fingerprint density at radius 3 is 2.88 bits per heavy atom. The van der Waals surface area contributed by atoms with Gasteiger partial charge in [0.15, 0.2) is 12.0 Å². The van der Waals surface area contributed by atoms with Crippen LogP contribution in [0.15, 0.2) is 47.3 Å². The highest BCUT2D eigenvalue weighted by molar-refractivity contribution is 5.79. The predicted octanol–water partition coefficient (Wildman–Crippen LogP) is 3.20. The van der Waals surface area contributed by atoms with Crippen molar-refractivity contribution in [1.29, 1.82) is 0 Å². The fraction of sp³-hybridized carbons (Fsp3) is 0.0769. The highest BCUT2D eigenvalue weighted by Crippen LogP contribution is 2.22. The number of aryl methyl sites for hydroxylation is 1. The fourth-order valence-corrected chi connectivity index (χ4v) is 1.71. The van der Waals surface area contributed by atoms with E-state index >= 15 is 0 Å². The first-order chi connectivity index (χ1) is 7.83. The normalized spacial score (nSPS) is 10.8. The Morgan fingerprint density at radius 1 is 1.06 bits per heavy atom. The minimum Gasteiger partial charge on any atom is -0.443 e. The van der Waals surface area contributed by atoms with Gasteiger partial charge in [0.1, 0.15) is 5.52 Å². The number of fused-ring (bicyclic) bond motifs is 1. The number of pyridine rings is 1. The molecule has 0 saturated heterocycles. The molecule has 3 aromatic rings. The van der Waals surface area contributed by atoms with E-state index in [4.69, 9.17) is 4.42 Å². The minimum atomic E-state index is 0.802. The van der Waals surface area contributed by atoms with E-state index in [0.717, 1.165) is 22.4 Å². The molecule has 3 nitrogen and oxygen atoms in total. The number of nitrogens with zero attached hydrogens (tertiary/aromatic N) is 2. The first-order valence-corrected chi connectivity index (χ1v) is 5.09. The summed E-state index contributed by atoms with van der Waals surface area (Å²) >= 11 is 0. The Balaban J connectivity index is 2.18. The number of benzene rings is 1. The summed E-state index contributed by atoms with van der Waals surface area (Å²) in [5.41, 5.74) is 4.89. The van der Waals surface area contributed by atoms with Crippen LogP contribution < -0.4 is 0 Å². The van der Waals surface area contributed by atoms with E-state index in [1.54, 1.807) is 0 Å². The number of rotatable bonds is 1. The lowest BCUT2D eigenvalue weighted by Crippen LogP contribution is -1.84. The Morgan fingerprint density at radius 2 is 2.00 bits per heavy atom. The number of hydrogen-bond acceptors (Lipinski definition) is 3. The standard InChI is InChI=1S/C13H10N2O/c1-9-4-5-14-11(6-9)10-2-3-13-12(7-10)15-8-16-13/h2-8H,1H3. The maximum absolute atomic E-state index is 5.20. The second-order valence-corrected chi connectivity index (χ2v) is 3.75. The summed E-state index contributed by atoms with van der Waals surface area (Å²) in [6, 6.07) is 9.94. The van der Waals surface area contributed by atoms with E-state index in [1.807, 2.05) is 30.5 Å². The van der Waals surface area contributed by atoms with Gasteiger partial charge in [-0.1, -0.05) is 0 Å². The molecule has 0 aliphatic carbocycles. The maximum Gasteiger partial charge on any atom is 0.181 e. The lowest BCUT2D eigenvalue weighted by atomic mass is 10.1. The van der Waals surface area contributed by atoms with Crippen LogP contribution in [0.5, 0.6) is 0 Å². The summed E-state index contributed by atoms with van der Waals surface area (Å²) in [6.45, 7) is 2.06. The van der Waals surface area contributed by atoms with Crippen molar-refractivity contribution in [2.75, 3.05) is 0 Å². The molecule has 0 amide bonds. The summed E-state index contributed by atoms with van der Waals surface area (Å²) in [6.07, 6.45) is 3.27. The van der Waals surface area contributed by atoms with E-state index in [9.17, 15) is 0 Å². The molecule has 3 heteroatoms. The Labute approximate surface area is 92.8 Å². The van der Waals surface area contributed by atoms with Crippen molar-refractivity contribution in [3.63, 3.8) is 0 Å². The molecule has 0 unspecified atom stereocenters. The lowest BCUT2D eigenvalue weighted by Gasteiger charge is -2.01. The predicted molar refractivity (Wildman–Crippen MR) is 62.0 cm³/mol. The molecule has 0 saturated carbocycles. The molecular weight excluding hydrogens is 200 g/mol. The molecule has 0 N–H and O–H groups in total. The van der Waals surface area contributed by atoms with Crippen molar-refractivity contribution in [3.05, 3.63) is 48.5 Å². The van der Waals surface area contributed by atoms with Crippen LogP contribution in [-0.2, 0) is 0 Å². The van der Waals surface area contributed by atoms with Crippen molar-refractivity contribution in [3.8, 4) is 11.3 Å². The lowest BCUT2D eigenvalue weighted by molar-refractivity contribution is 0.602. The van der Waals surface area contributed by atoms with Gasteiger partial charge in [0.25, 0.3) is 0 Å². The van der Waals surface area contributed by atoms with Gasteiger partial charge in [-0.2, -0.15) is 0 Å². The molecule has 0 radical (unpaired) electrons. The first-order valence-electron chi connectivity index (χ1n) is 5.09. The van der Waals surface area contributed by atoms with E-state index in [-0.39, 0.29) is 0 Å². The van der Waals surface area contributed by atoms with Gasteiger partial charge in [-0.15, -0.1) is 0 Å². The topological polar surface area (TPSA) is 38.9 Å². The molecule has 0 aliphatic heterocycles. The quantitative estimate of drug-likeness (QED) is 0.619. The molecule has 78 valence electrons. The molecule has 3 rings (SSSR count). The molecule has 16 heavy (non-hydrogen) atoms. The average Bonchev–Trinajstić information content (AvgIpc) is 2.75. The Kier molecular flexibility index (Phi) is 1.96. The Bertz CT molecular complexity index is 643. The van der Waals surface area contributed by atoms with E-state index in [2.05, 4.69) is 23.0 Å². The summed E-state index contributed by atoms with van der Waals surface area (Å²) in [5.74, 6) is 0. The van der Waals surface area contributed by atoms with E-state index in [1.165, 1.54) is 12.0 Å². The van der Waals surface area contributed by atoms with Gasteiger partial charge in [-0.25, -0.2) is 4.98 Å². The number of aromatic nitrogens is 2. The van der Waals surface area contributed by atoms with Crippen LogP contribution in [-0.4, -0.2) is 9.97 Å². The van der Waals surface area contributed by atoms with Crippen molar-refractivity contribution in [1.82, 2.24) is 9.97 Å². The first kappa shape index (κ1) is 9.09. The van der Waals surface area contributed by atoms with Crippen LogP contribution in [0.1, 0.15) is 5.56 Å². The highest BCUT2D eigenvalue weighted by atomic mass is 16.3. The smallest absolute Gasteiger partial charge is 0.181 e. The van der Waals surface area contributed by atoms with Crippen molar-refractivity contribution in [2.24, 2.45) is 0 Å². The molecule has 0 atom stereocenters. The summed E-state index contributed by atoms with van der Waals surface area (Å²) < 4.78 is 5.20. The third-order valence-corrected chi connectivity index (χ3v) is 2.54. The van der Waals surface area contributed by atoms with Gasteiger partial charge >= 0.3 is 0 Å².